The van der Waals surface area contributed by atoms with Crippen LogP contribution in [0.3, 0.4) is 0 Å². The minimum Gasteiger partial charge on any atom is -0.494 e. The van der Waals surface area contributed by atoms with Gasteiger partial charge in [-0.15, -0.1) is 0 Å². The van der Waals surface area contributed by atoms with E-state index in [1.165, 1.54) is 0 Å². The van der Waals surface area contributed by atoms with Gasteiger partial charge in [-0.1, -0.05) is 38.1 Å². The van der Waals surface area contributed by atoms with Crippen molar-refractivity contribution in [1.29, 1.82) is 0 Å². The molecule has 0 amide bonds. The Labute approximate surface area is 166 Å². The molecule has 0 unspecified atom stereocenters. The molecular weight excluding hydrogens is 365 g/mol. The molecule has 0 saturated heterocycles. The molecule has 27 heavy (non-hydrogen) atoms. The largest absolute Gasteiger partial charge is 0.494 e. The van der Waals surface area contributed by atoms with Crippen LogP contribution < -0.4 is 10.5 Å². The van der Waals surface area contributed by atoms with Crippen molar-refractivity contribution in [3.05, 3.63) is 42.0 Å². The van der Waals surface area contributed by atoms with Gasteiger partial charge in [0.25, 0.3) is 0 Å². The number of aliphatic hydroxyl groups excluding tert-OH is 2. The Morgan fingerprint density at radius 1 is 1.07 bits per heavy atom. The Morgan fingerprint density at radius 3 is 2.11 bits per heavy atom. The van der Waals surface area contributed by atoms with Crippen molar-refractivity contribution >= 4 is 9.03 Å². The summed E-state index contributed by atoms with van der Waals surface area (Å²) < 4.78 is 5.70. The van der Waals surface area contributed by atoms with E-state index in [2.05, 4.69) is 12.2 Å². The molecule has 0 aromatic heterocycles. The molecule has 0 saturated carbocycles. The fourth-order valence-corrected chi connectivity index (χ4v) is 2.07. The lowest BCUT2D eigenvalue weighted by atomic mass is 9.94. The van der Waals surface area contributed by atoms with Crippen LogP contribution in [0.5, 0.6) is 5.75 Å². The van der Waals surface area contributed by atoms with Crippen LogP contribution in [-0.2, 0) is 6.42 Å². The highest BCUT2D eigenvalue weighted by Gasteiger charge is 2.22. The number of aliphatic hydroxyl groups is 2. The number of hydrogen-bond acceptors (Lipinski definition) is 6. The number of unbranched alkanes of at least 4 members (excludes halogenated alkanes) is 2. The lowest BCUT2D eigenvalue weighted by molar-refractivity contribution is 0.115. The van der Waals surface area contributed by atoms with Gasteiger partial charge in [0.1, 0.15) is 14.8 Å². The first-order valence-electron chi connectivity index (χ1n) is 9.42. The summed E-state index contributed by atoms with van der Waals surface area (Å²) >= 11 is 0. The number of benzene rings is 1. The first-order valence-corrected chi connectivity index (χ1v) is 10.3. The van der Waals surface area contributed by atoms with Gasteiger partial charge in [0.05, 0.1) is 25.4 Å². The topological polar surface area (TPSA) is 116 Å². The van der Waals surface area contributed by atoms with Crippen molar-refractivity contribution in [2.45, 2.75) is 58.4 Å². The molecule has 0 bridgehead atoms. The minimum atomic E-state index is -0.917. The number of aryl methyl sites for hydroxylation is 1. The zero-order valence-corrected chi connectivity index (χ0v) is 17.9. The van der Waals surface area contributed by atoms with E-state index in [-0.39, 0.29) is 13.2 Å². The zero-order valence-electron chi connectivity index (χ0n) is 16.9. The molecular formula is C20H38NO5P. The van der Waals surface area contributed by atoms with E-state index in [0.717, 1.165) is 43.6 Å². The Bertz CT molecular complexity index is 450. The fraction of sp³-hybridized carbons (Fsp3) is 0.600. The van der Waals surface area contributed by atoms with Crippen LogP contribution in [0, 0.1) is 0 Å². The molecule has 0 aliphatic carbocycles. The average Bonchev–Trinajstić information content (AvgIpc) is 2.72. The molecule has 0 fully saturated rings. The van der Waals surface area contributed by atoms with Crippen molar-refractivity contribution in [3.8, 4) is 5.75 Å². The first kappa shape index (κ1) is 28.2. The van der Waals surface area contributed by atoms with Crippen molar-refractivity contribution in [3.63, 3.8) is 0 Å². The standard InChI is InChI=1S/C18H29NO3.C2H6.H3O2P/c1-2-3-4-5-6-13-22-17-9-7-16(8-10-17)11-12-18(19,14-20)15-21;1-2;1-3-2/h2-3,7-10,20-21H,4-6,11-15,19H2,1H3;1-2H3;1-3H/b3-2+;;. The van der Waals surface area contributed by atoms with Crippen LogP contribution in [0.25, 0.3) is 0 Å². The molecule has 158 valence electrons. The third-order valence-electron chi connectivity index (χ3n) is 3.73. The van der Waals surface area contributed by atoms with E-state index in [0.29, 0.717) is 6.42 Å². The first-order chi connectivity index (χ1) is 13.0. The summed E-state index contributed by atoms with van der Waals surface area (Å²) in [5.74, 6) is 0.873. The van der Waals surface area contributed by atoms with Gasteiger partial charge in [0, 0.05) is 0 Å². The highest BCUT2D eigenvalue weighted by Crippen LogP contribution is 2.16. The molecule has 1 aromatic rings. The summed E-state index contributed by atoms with van der Waals surface area (Å²) in [5.41, 5.74) is 6.08. The minimum absolute atomic E-state index is 0.210. The molecule has 0 heterocycles. The number of rotatable bonds is 11. The van der Waals surface area contributed by atoms with E-state index < -0.39 is 14.6 Å². The molecule has 0 radical (unpaired) electrons. The van der Waals surface area contributed by atoms with Crippen LogP contribution in [0.15, 0.2) is 36.4 Å². The lowest BCUT2D eigenvalue weighted by Gasteiger charge is -2.24. The Hall–Kier alpha value is -1.01. The predicted molar refractivity (Wildman–Crippen MR) is 114 cm³/mol. The van der Waals surface area contributed by atoms with Gasteiger partial charge >= 0.3 is 0 Å². The molecule has 1 aromatic carbocycles. The normalized spacial score (nSPS) is 10.7. The summed E-state index contributed by atoms with van der Waals surface area (Å²) in [7, 11) is -0.917. The summed E-state index contributed by atoms with van der Waals surface area (Å²) in [6, 6.07) is 7.92. The smallest absolute Gasteiger partial charge is 0.149 e. The van der Waals surface area contributed by atoms with Gasteiger partial charge in [-0.25, -0.2) is 0 Å². The van der Waals surface area contributed by atoms with Crippen LogP contribution in [0.2, 0.25) is 0 Å². The molecule has 0 aliphatic heterocycles. The maximum Gasteiger partial charge on any atom is 0.149 e. The van der Waals surface area contributed by atoms with E-state index >= 15 is 0 Å². The fourth-order valence-electron chi connectivity index (χ4n) is 2.07. The monoisotopic (exact) mass is 403 g/mol. The van der Waals surface area contributed by atoms with Gasteiger partial charge in [-0.05, 0) is 56.7 Å². The Morgan fingerprint density at radius 2 is 1.63 bits per heavy atom. The molecule has 7 heteroatoms. The van der Waals surface area contributed by atoms with Gasteiger partial charge < -0.3 is 30.5 Å². The van der Waals surface area contributed by atoms with E-state index in [9.17, 15) is 10.2 Å². The highest BCUT2D eigenvalue weighted by atomic mass is 31.1. The van der Waals surface area contributed by atoms with E-state index in [1.54, 1.807) is 0 Å². The van der Waals surface area contributed by atoms with Gasteiger partial charge in [-0.2, -0.15) is 0 Å². The molecule has 0 atom stereocenters. The number of nitrogens with two attached hydrogens (primary N) is 1. The maximum atomic E-state index is 9.17. The maximum absolute atomic E-state index is 9.17. The number of hydrogen-bond donors (Lipinski definition) is 5. The highest BCUT2D eigenvalue weighted by molar-refractivity contribution is 7.23. The number of ether oxygens (including phenoxy) is 1. The summed E-state index contributed by atoms with van der Waals surface area (Å²) in [5, 5.41) is 18.3. The quantitative estimate of drug-likeness (QED) is 0.220. The lowest BCUT2D eigenvalue weighted by Crippen LogP contribution is -2.47. The van der Waals surface area contributed by atoms with Crippen LogP contribution >= 0.6 is 9.03 Å². The molecule has 1 rings (SSSR count). The van der Waals surface area contributed by atoms with E-state index in [1.807, 2.05) is 45.0 Å². The van der Waals surface area contributed by atoms with Crippen molar-refractivity contribution < 1.29 is 24.7 Å². The summed E-state index contributed by atoms with van der Waals surface area (Å²) in [6.45, 7) is 6.35. The molecule has 0 aliphatic rings. The molecule has 0 spiro atoms. The van der Waals surface area contributed by atoms with Crippen molar-refractivity contribution in [1.82, 2.24) is 0 Å². The van der Waals surface area contributed by atoms with E-state index in [4.69, 9.17) is 20.3 Å². The van der Waals surface area contributed by atoms with Crippen molar-refractivity contribution in [2.75, 3.05) is 19.8 Å². The zero-order chi connectivity index (χ0) is 21.0. The SMILES string of the molecule is C/C=C/CCCCOc1ccc(CCC(N)(CO)CO)cc1.CC.OPO. The summed E-state index contributed by atoms with van der Waals surface area (Å²) in [6.07, 6.45) is 8.81. The third kappa shape index (κ3) is 15.7. The summed E-state index contributed by atoms with van der Waals surface area (Å²) in [4.78, 5) is 14.3. The van der Waals surface area contributed by atoms with Gasteiger partial charge in [0.2, 0.25) is 0 Å². The Balaban J connectivity index is 0. The van der Waals surface area contributed by atoms with Crippen LogP contribution in [0.1, 0.15) is 52.0 Å². The van der Waals surface area contributed by atoms with Crippen LogP contribution in [0.4, 0.5) is 0 Å². The second-order valence-corrected chi connectivity index (χ2v) is 6.04. The third-order valence-corrected chi connectivity index (χ3v) is 3.73. The van der Waals surface area contributed by atoms with Gasteiger partial charge in [0.15, 0.2) is 0 Å². The second kappa shape index (κ2) is 19.7. The average molecular weight is 404 g/mol. The predicted octanol–water partition coefficient (Wildman–Crippen LogP) is 2.93. The Kier molecular flexibility index (Phi) is 20.6. The van der Waals surface area contributed by atoms with Gasteiger partial charge in [-0.3, -0.25) is 0 Å². The molecule has 6 nitrogen and oxygen atoms in total. The van der Waals surface area contributed by atoms with Crippen LogP contribution in [-0.4, -0.2) is 45.4 Å². The molecule has 6 N–H and O–H groups in total. The number of allylic oxidation sites excluding steroid dienone is 2. The second-order valence-electron chi connectivity index (χ2n) is 5.84. The van der Waals surface area contributed by atoms with Crippen molar-refractivity contribution in [2.24, 2.45) is 5.73 Å².